The van der Waals surface area contributed by atoms with E-state index in [1.807, 2.05) is 42.5 Å². The van der Waals surface area contributed by atoms with Crippen LogP contribution in [0.5, 0.6) is 0 Å². The summed E-state index contributed by atoms with van der Waals surface area (Å²) in [5.74, 6) is 0. The van der Waals surface area contributed by atoms with Crippen LogP contribution in [0, 0.1) is 0 Å². The molecule has 4 heteroatoms. The topological polar surface area (TPSA) is 82.2 Å². The molecule has 23 heavy (non-hydrogen) atoms. The predicted molar refractivity (Wildman–Crippen MR) is 94.3 cm³/mol. The Labute approximate surface area is 131 Å². The number of nitrogen functional groups attached to an aromatic ring is 2. The molecule has 112 valence electrons. The molecule has 0 spiro atoms. The Hall–Kier alpha value is -3.27. The molecule has 4 nitrogen and oxygen atoms in total. The van der Waals surface area contributed by atoms with Crippen LogP contribution < -0.4 is 17.1 Å². The van der Waals surface area contributed by atoms with E-state index in [0.717, 1.165) is 21.7 Å². The molecule has 3 aromatic carbocycles. The Balaban J connectivity index is 2.06. The Kier molecular flexibility index (Phi) is 2.84. The first-order valence-corrected chi connectivity index (χ1v) is 7.24. The molecule has 4 N–H and O–H groups in total. The van der Waals surface area contributed by atoms with Crippen LogP contribution in [0.3, 0.4) is 0 Å². The fourth-order valence-corrected chi connectivity index (χ4v) is 2.81. The van der Waals surface area contributed by atoms with Gasteiger partial charge >= 0.3 is 5.63 Å². The quantitative estimate of drug-likeness (QED) is 0.318. The molecule has 0 unspecified atom stereocenters. The minimum atomic E-state index is -0.364. The van der Waals surface area contributed by atoms with Gasteiger partial charge in [0.05, 0.1) is 5.56 Å². The average Bonchev–Trinajstić information content (AvgIpc) is 2.55. The van der Waals surface area contributed by atoms with Gasteiger partial charge in [-0.3, -0.25) is 0 Å². The minimum Gasteiger partial charge on any atom is -0.422 e. The van der Waals surface area contributed by atoms with Gasteiger partial charge in [-0.05, 0) is 52.7 Å². The van der Waals surface area contributed by atoms with Crippen LogP contribution in [0.2, 0.25) is 0 Å². The fraction of sp³-hybridized carbons (Fsp3) is 0. The van der Waals surface area contributed by atoms with Gasteiger partial charge in [0.2, 0.25) is 0 Å². The first-order chi connectivity index (χ1) is 11.1. The van der Waals surface area contributed by atoms with Crippen LogP contribution in [0.1, 0.15) is 0 Å². The Morgan fingerprint density at radius 3 is 2.26 bits per heavy atom. The van der Waals surface area contributed by atoms with Gasteiger partial charge in [-0.1, -0.05) is 24.3 Å². The van der Waals surface area contributed by atoms with Gasteiger partial charge in [0.15, 0.2) is 0 Å². The van der Waals surface area contributed by atoms with Crippen LogP contribution in [-0.2, 0) is 0 Å². The first kappa shape index (κ1) is 13.4. The molecule has 0 aliphatic heterocycles. The van der Waals surface area contributed by atoms with Crippen molar-refractivity contribution in [2.45, 2.75) is 0 Å². The van der Waals surface area contributed by atoms with E-state index in [9.17, 15) is 4.79 Å². The Morgan fingerprint density at radius 1 is 0.739 bits per heavy atom. The van der Waals surface area contributed by atoms with Crippen LogP contribution in [0.4, 0.5) is 11.4 Å². The highest BCUT2D eigenvalue weighted by atomic mass is 16.4. The van der Waals surface area contributed by atoms with E-state index < -0.39 is 0 Å². The third kappa shape index (κ3) is 2.21. The van der Waals surface area contributed by atoms with Crippen LogP contribution in [0.25, 0.3) is 32.9 Å². The number of fused-ring (bicyclic) bond motifs is 3. The summed E-state index contributed by atoms with van der Waals surface area (Å²) in [6.07, 6.45) is 0. The zero-order chi connectivity index (χ0) is 16.0. The predicted octanol–water partition coefficient (Wildman–Crippen LogP) is 3.78. The van der Waals surface area contributed by atoms with E-state index in [0.29, 0.717) is 22.5 Å². The van der Waals surface area contributed by atoms with Crippen molar-refractivity contribution in [3.63, 3.8) is 0 Å². The van der Waals surface area contributed by atoms with Gasteiger partial charge in [-0.25, -0.2) is 4.79 Å². The van der Waals surface area contributed by atoms with Crippen molar-refractivity contribution >= 4 is 33.1 Å². The highest BCUT2D eigenvalue weighted by molar-refractivity contribution is 6.07. The largest absolute Gasteiger partial charge is 0.422 e. The summed E-state index contributed by atoms with van der Waals surface area (Å²) in [6, 6.07) is 18.4. The lowest BCUT2D eigenvalue weighted by molar-refractivity contribution is 0.564. The lowest BCUT2D eigenvalue weighted by Gasteiger charge is -2.07. The van der Waals surface area contributed by atoms with Crippen molar-refractivity contribution in [1.82, 2.24) is 0 Å². The van der Waals surface area contributed by atoms with E-state index in [1.54, 1.807) is 18.2 Å². The summed E-state index contributed by atoms with van der Waals surface area (Å²) in [4.78, 5) is 12.3. The first-order valence-electron chi connectivity index (χ1n) is 7.24. The number of hydrogen-bond donors (Lipinski definition) is 2. The van der Waals surface area contributed by atoms with E-state index in [4.69, 9.17) is 15.9 Å². The average molecular weight is 302 g/mol. The van der Waals surface area contributed by atoms with E-state index in [-0.39, 0.29) is 5.63 Å². The number of rotatable bonds is 1. The summed E-state index contributed by atoms with van der Waals surface area (Å²) in [5, 5.41) is 2.89. The smallest absolute Gasteiger partial charge is 0.344 e. The second-order valence-corrected chi connectivity index (χ2v) is 5.53. The molecule has 0 radical (unpaired) electrons. The zero-order valence-electron chi connectivity index (χ0n) is 12.2. The van der Waals surface area contributed by atoms with E-state index >= 15 is 0 Å². The number of benzene rings is 3. The highest BCUT2D eigenvalue weighted by Gasteiger charge is 2.10. The van der Waals surface area contributed by atoms with Crippen LogP contribution >= 0.6 is 0 Å². The summed E-state index contributed by atoms with van der Waals surface area (Å²) < 4.78 is 5.50. The molecule has 0 saturated heterocycles. The summed E-state index contributed by atoms with van der Waals surface area (Å²) >= 11 is 0. The molecule has 1 heterocycles. The van der Waals surface area contributed by atoms with Crippen molar-refractivity contribution in [3.8, 4) is 11.1 Å². The fourth-order valence-electron chi connectivity index (χ4n) is 2.81. The molecule has 0 saturated carbocycles. The van der Waals surface area contributed by atoms with Gasteiger partial charge in [0, 0.05) is 16.8 Å². The molecule has 4 aromatic rings. The molecule has 1 aromatic heterocycles. The number of anilines is 2. The third-order valence-electron chi connectivity index (χ3n) is 3.98. The van der Waals surface area contributed by atoms with Gasteiger partial charge in [-0.15, -0.1) is 0 Å². The second kappa shape index (κ2) is 4.88. The lowest BCUT2D eigenvalue weighted by atomic mass is 10.0. The minimum absolute atomic E-state index is 0.364. The van der Waals surface area contributed by atoms with Crippen molar-refractivity contribution < 1.29 is 4.42 Å². The summed E-state index contributed by atoms with van der Waals surface area (Å²) in [5.41, 5.74) is 14.4. The van der Waals surface area contributed by atoms with Crippen molar-refractivity contribution in [3.05, 3.63) is 71.1 Å². The standard InChI is InChI=1S/C19H14N2O2/c20-13-4-1-11(2-5-13)16-10-17-15-7-6-14(21)9-12(15)3-8-18(17)23-19(16)22/h1-10H,20-21H2. The number of hydrogen-bond acceptors (Lipinski definition) is 4. The molecule has 0 atom stereocenters. The van der Waals surface area contributed by atoms with Gasteiger partial charge < -0.3 is 15.9 Å². The monoisotopic (exact) mass is 302 g/mol. The molecule has 0 fully saturated rings. The zero-order valence-corrected chi connectivity index (χ0v) is 12.2. The molecule has 0 aliphatic rings. The molecule has 0 aliphatic carbocycles. The van der Waals surface area contributed by atoms with Gasteiger partial charge in [0.25, 0.3) is 0 Å². The molecular weight excluding hydrogens is 288 g/mol. The van der Waals surface area contributed by atoms with Crippen LogP contribution in [-0.4, -0.2) is 0 Å². The maximum absolute atomic E-state index is 12.3. The molecule has 0 bridgehead atoms. The van der Waals surface area contributed by atoms with Gasteiger partial charge in [0.1, 0.15) is 5.58 Å². The summed E-state index contributed by atoms with van der Waals surface area (Å²) in [6.45, 7) is 0. The Morgan fingerprint density at radius 2 is 1.48 bits per heavy atom. The van der Waals surface area contributed by atoms with Gasteiger partial charge in [-0.2, -0.15) is 0 Å². The van der Waals surface area contributed by atoms with Crippen molar-refractivity contribution in [2.75, 3.05) is 11.5 Å². The van der Waals surface area contributed by atoms with Crippen molar-refractivity contribution in [1.29, 1.82) is 0 Å². The highest BCUT2D eigenvalue weighted by Crippen LogP contribution is 2.29. The number of nitrogens with two attached hydrogens (primary N) is 2. The maximum Gasteiger partial charge on any atom is 0.344 e. The normalized spacial score (nSPS) is 11.1. The van der Waals surface area contributed by atoms with Crippen LogP contribution in [0.15, 0.2) is 69.9 Å². The SMILES string of the molecule is Nc1ccc(-c2cc3c(ccc4cc(N)ccc43)oc2=O)cc1. The third-order valence-corrected chi connectivity index (χ3v) is 3.98. The lowest BCUT2D eigenvalue weighted by Crippen LogP contribution is -2.03. The van der Waals surface area contributed by atoms with E-state index in [1.165, 1.54) is 0 Å². The second-order valence-electron chi connectivity index (χ2n) is 5.53. The Bertz CT molecular complexity index is 1100. The van der Waals surface area contributed by atoms with Crippen molar-refractivity contribution in [2.24, 2.45) is 0 Å². The molecular formula is C19H14N2O2. The van der Waals surface area contributed by atoms with E-state index in [2.05, 4.69) is 0 Å². The molecule has 0 amide bonds. The maximum atomic E-state index is 12.3. The molecule has 4 rings (SSSR count). The summed E-state index contributed by atoms with van der Waals surface area (Å²) in [7, 11) is 0.